The van der Waals surface area contributed by atoms with Crippen molar-refractivity contribution in [2.24, 2.45) is 5.73 Å². The molecule has 0 saturated heterocycles. The first-order valence-electron chi connectivity index (χ1n) is 5.45. The van der Waals surface area contributed by atoms with Gasteiger partial charge in [0.2, 0.25) is 0 Å². The first-order chi connectivity index (χ1) is 6.99. The van der Waals surface area contributed by atoms with Crippen molar-refractivity contribution in [1.82, 2.24) is 0 Å². The second-order valence-corrected chi connectivity index (χ2v) is 4.56. The maximum Gasteiger partial charge on any atom is 0.0117 e. The molecule has 82 valence electrons. The minimum absolute atomic E-state index is 0.197. The zero-order valence-corrected chi connectivity index (χ0v) is 10.0. The summed E-state index contributed by atoms with van der Waals surface area (Å²) in [5, 5.41) is 0. The highest BCUT2D eigenvalue weighted by molar-refractivity contribution is 5.31. The summed E-state index contributed by atoms with van der Waals surface area (Å²) < 4.78 is 0. The summed E-state index contributed by atoms with van der Waals surface area (Å²) in [4.78, 5) is 0. The van der Waals surface area contributed by atoms with E-state index in [4.69, 9.17) is 5.73 Å². The van der Waals surface area contributed by atoms with Crippen molar-refractivity contribution in [2.75, 3.05) is 0 Å². The zero-order valence-electron chi connectivity index (χ0n) is 10.0. The van der Waals surface area contributed by atoms with Gasteiger partial charge >= 0.3 is 0 Å². The smallest absolute Gasteiger partial charge is 0.0117 e. The monoisotopic (exact) mass is 203 g/mol. The average molecular weight is 203 g/mol. The fourth-order valence-electron chi connectivity index (χ4n) is 1.82. The second kappa shape index (κ2) is 5.13. The number of aryl methyl sites for hydroxylation is 2. The third kappa shape index (κ3) is 3.88. The van der Waals surface area contributed by atoms with Crippen molar-refractivity contribution in [3.63, 3.8) is 0 Å². The Labute approximate surface area is 93.0 Å². The molecule has 0 spiro atoms. The number of hydrogen-bond acceptors (Lipinski definition) is 1. The van der Waals surface area contributed by atoms with E-state index in [2.05, 4.69) is 38.6 Å². The molecular formula is C14H21N. The molecular weight excluding hydrogens is 182 g/mol. The average Bonchev–Trinajstić information content (AvgIpc) is 2.10. The summed E-state index contributed by atoms with van der Waals surface area (Å²) in [7, 11) is 0. The Morgan fingerprint density at radius 3 is 2.67 bits per heavy atom. The van der Waals surface area contributed by atoms with Gasteiger partial charge in [0.05, 0.1) is 0 Å². The predicted molar refractivity (Wildman–Crippen MR) is 67.0 cm³/mol. The van der Waals surface area contributed by atoms with Crippen molar-refractivity contribution in [3.05, 3.63) is 47.0 Å². The van der Waals surface area contributed by atoms with E-state index in [0.717, 1.165) is 18.4 Å². The fraction of sp³-hybridized carbons (Fsp3) is 0.429. The molecule has 1 nitrogen and oxygen atoms in total. The summed E-state index contributed by atoms with van der Waals surface area (Å²) in [5.74, 6) is 0. The summed E-state index contributed by atoms with van der Waals surface area (Å²) in [6.45, 7) is 10.2. The number of nitrogens with two attached hydrogens (primary N) is 1. The van der Waals surface area contributed by atoms with Crippen LogP contribution in [0.4, 0.5) is 0 Å². The zero-order chi connectivity index (χ0) is 11.4. The minimum Gasteiger partial charge on any atom is -0.327 e. The molecule has 1 atom stereocenters. The van der Waals surface area contributed by atoms with Gasteiger partial charge in [-0.15, -0.1) is 6.58 Å². The lowest BCUT2D eigenvalue weighted by atomic mass is 9.96. The van der Waals surface area contributed by atoms with Crippen LogP contribution in [0.3, 0.4) is 0 Å². The highest BCUT2D eigenvalue weighted by Crippen LogP contribution is 2.14. The first-order valence-corrected chi connectivity index (χ1v) is 5.45. The van der Waals surface area contributed by atoms with E-state index < -0.39 is 0 Å². The third-order valence-electron chi connectivity index (χ3n) is 2.60. The molecule has 2 N–H and O–H groups in total. The molecule has 0 fully saturated rings. The highest BCUT2D eigenvalue weighted by Gasteiger charge is 2.06. The summed E-state index contributed by atoms with van der Waals surface area (Å²) in [6, 6.07) is 6.73. The Bertz CT molecular complexity index is 352. The van der Waals surface area contributed by atoms with Gasteiger partial charge in [-0.2, -0.15) is 0 Å². The molecule has 0 heterocycles. The molecule has 0 amide bonds. The lowest BCUT2D eigenvalue weighted by Crippen LogP contribution is -2.23. The topological polar surface area (TPSA) is 26.0 Å². The maximum atomic E-state index is 6.06. The largest absolute Gasteiger partial charge is 0.327 e. The van der Waals surface area contributed by atoms with Crippen molar-refractivity contribution in [1.29, 1.82) is 0 Å². The standard InChI is InChI=1S/C14H21N/c1-10(2)7-14(15)9-13-8-11(3)5-6-12(13)4/h5-6,8,14H,1,7,9,15H2,2-4H3. The van der Waals surface area contributed by atoms with Crippen LogP contribution < -0.4 is 5.73 Å². The van der Waals surface area contributed by atoms with Crippen molar-refractivity contribution >= 4 is 0 Å². The molecule has 0 saturated carbocycles. The normalized spacial score (nSPS) is 12.5. The van der Waals surface area contributed by atoms with Crippen LogP contribution in [0.25, 0.3) is 0 Å². The van der Waals surface area contributed by atoms with Gasteiger partial charge in [0.25, 0.3) is 0 Å². The van der Waals surface area contributed by atoms with E-state index >= 15 is 0 Å². The van der Waals surface area contributed by atoms with Crippen LogP contribution in [0.1, 0.15) is 30.0 Å². The molecule has 1 aromatic rings. The Balaban J connectivity index is 2.71. The molecule has 0 aliphatic carbocycles. The van der Waals surface area contributed by atoms with E-state index in [1.165, 1.54) is 16.7 Å². The van der Waals surface area contributed by atoms with E-state index in [1.54, 1.807) is 0 Å². The predicted octanol–water partition coefficient (Wildman–Crippen LogP) is 3.14. The lowest BCUT2D eigenvalue weighted by molar-refractivity contribution is 0.659. The summed E-state index contributed by atoms with van der Waals surface area (Å²) in [6.07, 6.45) is 1.85. The summed E-state index contributed by atoms with van der Waals surface area (Å²) in [5.41, 5.74) is 11.2. The van der Waals surface area contributed by atoms with Crippen LogP contribution in [-0.2, 0) is 6.42 Å². The van der Waals surface area contributed by atoms with Gasteiger partial charge in [-0.05, 0) is 44.7 Å². The Morgan fingerprint density at radius 2 is 2.07 bits per heavy atom. The van der Waals surface area contributed by atoms with E-state index in [-0.39, 0.29) is 6.04 Å². The van der Waals surface area contributed by atoms with Gasteiger partial charge < -0.3 is 5.73 Å². The molecule has 1 rings (SSSR count). The molecule has 0 radical (unpaired) electrons. The van der Waals surface area contributed by atoms with Crippen molar-refractivity contribution in [2.45, 2.75) is 39.7 Å². The maximum absolute atomic E-state index is 6.06. The number of rotatable bonds is 4. The second-order valence-electron chi connectivity index (χ2n) is 4.56. The lowest BCUT2D eigenvalue weighted by Gasteiger charge is -2.13. The van der Waals surface area contributed by atoms with Crippen LogP contribution in [0.2, 0.25) is 0 Å². The molecule has 1 heteroatoms. The van der Waals surface area contributed by atoms with Crippen molar-refractivity contribution < 1.29 is 0 Å². The van der Waals surface area contributed by atoms with Gasteiger partial charge in [0.15, 0.2) is 0 Å². The van der Waals surface area contributed by atoms with Crippen LogP contribution in [0.5, 0.6) is 0 Å². The van der Waals surface area contributed by atoms with Crippen LogP contribution in [0.15, 0.2) is 30.4 Å². The Morgan fingerprint density at radius 1 is 1.40 bits per heavy atom. The molecule has 0 bridgehead atoms. The Hall–Kier alpha value is -1.08. The molecule has 1 unspecified atom stereocenters. The van der Waals surface area contributed by atoms with Gasteiger partial charge in [-0.1, -0.05) is 29.3 Å². The molecule has 0 aliphatic heterocycles. The highest BCUT2D eigenvalue weighted by atomic mass is 14.6. The van der Waals surface area contributed by atoms with Gasteiger partial charge in [0.1, 0.15) is 0 Å². The Kier molecular flexibility index (Phi) is 4.10. The summed E-state index contributed by atoms with van der Waals surface area (Å²) >= 11 is 0. The SMILES string of the molecule is C=C(C)CC(N)Cc1cc(C)ccc1C. The van der Waals surface area contributed by atoms with Gasteiger partial charge in [-0.25, -0.2) is 0 Å². The van der Waals surface area contributed by atoms with E-state index in [0.29, 0.717) is 0 Å². The van der Waals surface area contributed by atoms with E-state index in [1.807, 2.05) is 6.92 Å². The van der Waals surface area contributed by atoms with Crippen LogP contribution in [-0.4, -0.2) is 6.04 Å². The van der Waals surface area contributed by atoms with Gasteiger partial charge in [0, 0.05) is 6.04 Å². The number of hydrogen-bond donors (Lipinski definition) is 1. The molecule has 1 aromatic carbocycles. The first kappa shape index (κ1) is 12.0. The molecule has 0 aromatic heterocycles. The van der Waals surface area contributed by atoms with Gasteiger partial charge in [-0.3, -0.25) is 0 Å². The minimum atomic E-state index is 0.197. The third-order valence-corrected chi connectivity index (χ3v) is 2.60. The van der Waals surface area contributed by atoms with E-state index in [9.17, 15) is 0 Å². The molecule has 15 heavy (non-hydrogen) atoms. The quantitative estimate of drug-likeness (QED) is 0.747. The molecule has 0 aliphatic rings. The van der Waals surface area contributed by atoms with Crippen molar-refractivity contribution in [3.8, 4) is 0 Å². The fourth-order valence-corrected chi connectivity index (χ4v) is 1.82. The van der Waals surface area contributed by atoms with Crippen LogP contribution >= 0.6 is 0 Å². The number of benzene rings is 1. The van der Waals surface area contributed by atoms with Crippen LogP contribution in [0, 0.1) is 13.8 Å².